The van der Waals surface area contributed by atoms with E-state index in [4.69, 9.17) is 5.73 Å². The van der Waals surface area contributed by atoms with Crippen LogP contribution in [-0.4, -0.2) is 17.1 Å². The minimum Gasteiger partial charge on any atom is -0.326 e. The summed E-state index contributed by atoms with van der Waals surface area (Å²) in [5.41, 5.74) is 7.51. The van der Waals surface area contributed by atoms with E-state index in [0.29, 0.717) is 12.1 Å². The standard InChI is InChI=1S/C16H21N3/c17-15-6-1-2-7-16(15)19-11-13-5-3-4-12-10-18-9-8-14(12)13/h3-5,8-10,15-16,19H,1-2,6-7,11,17H2. The van der Waals surface area contributed by atoms with Gasteiger partial charge in [-0.3, -0.25) is 4.98 Å². The number of benzene rings is 1. The third-order valence-electron chi connectivity index (χ3n) is 4.15. The molecule has 0 spiro atoms. The van der Waals surface area contributed by atoms with Crippen LogP contribution in [-0.2, 0) is 6.54 Å². The second-order valence-electron chi connectivity index (χ2n) is 5.45. The molecule has 0 bridgehead atoms. The number of pyridine rings is 1. The number of hydrogen-bond donors (Lipinski definition) is 2. The van der Waals surface area contributed by atoms with Crippen LogP contribution in [0.25, 0.3) is 10.8 Å². The fourth-order valence-corrected chi connectivity index (χ4v) is 3.00. The zero-order valence-electron chi connectivity index (χ0n) is 11.2. The van der Waals surface area contributed by atoms with Gasteiger partial charge >= 0.3 is 0 Å². The topological polar surface area (TPSA) is 50.9 Å². The normalized spacial score (nSPS) is 23.6. The van der Waals surface area contributed by atoms with Crippen molar-refractivity contribution >= 4 is 10.8 Å². The van der Waals surface area contributed by atoms with Crippen LogP contribution in [0.4, 0.5) is 0 Å². The number of rotatable bonds is 3. The Morgan fingerprint density at radius 2 is 2.11 bits per heavy atom. The van der Waals surface area contributed by atoms with Crippen LogP contribution in [0.15, 0.2) is 36.7 Å². The third-order valence-corrected chi connectivity index (χ3v) is 4.15. The van der Waals surface area contributed by atoms with Gasteiger partial charge in [0.25, 0.3) is 0 Å². The number of fused-ring (bicyclic) bond motifs is 1. The number of hydrogen-bond acceptors (Lipinski definition) is 3. The molecule has 1 heterocycles. The Hall–Kier alpha value is -1.45. The molecule has 0 saturated heterocycles. The van der Waals surface area contributed by atoms with E-state index in [1.54, 1.807) is 0 Å². The predicted molar refractivity (Wildman–Crippen MR) is 78.8 cm³/mol. The molecule has 19 heavy (non-hydrogen) atoms. The quantitative estimate of drug-likeness (QED) is 0.886. The van der Waals surface area contributed by atoms with Crippen molar-refractivity contribution in [2.24, 2.45) is 5.73 Å². The largest absolute Gasteiger partial charge is 0.326 e. The van der Waals surface area contributed by atoms with Gasteiger partial charge in [0.05, 0.1) is 0 Å². The van der Waals surface area contributed by atoms with Gasteiger partial charge < -0.3 is 11.1 Å². The lowest BCUT2D eigenvalue weighted by atomic mass is 9.91. The molecule has 2 aromatic rings. The molecule has 1 fully saturated rings. The molecule has 1 aromatic carbocycles. The van der Waals surface area contributed by atoms with Gasteiger partial charge in [-0.05, 0) is 29.9 Å². The lowest BCUT2D eigenvalue weighted by Crippen LogP contribution is -2.46. The number of nitrogens with two attached hydrogens (primary N) is 1. The van der Waals surface area contributed by atoms with Gasteiger partial charge in [-0.1, -0.05) is 31.0 Å². The van der Waals surface area contributed by atoms with Gasteiger partial charge in [0, 0.05) is 36.4 Å². The highest BCUT2D eigenvalue weighted by Crippen LogP contribution is 2.20. The SMILES string of the molecule is NC1CCCCC1NCc1cccc2cnccc12. The van der Waals surface area contributed by atoms with Crippen molar-refractivity contribution in [3.8, 4) is 0 Å². The molecule has 2 atom stereocenters. The molecule has 3 rings (SSSR count). The van der Waals surface area contributed by atoms with E-state index in [9.17, 15) is 0 Å². The Morgan fingerprint density at radius 1 is 1.21 bits per heavy atom. The molecule has 0 radical (unpaired) electrons. The summed E-state index contributed by atoms with van der Waals surface area (Å²) < 4.78 is 0. The Bertz CT molecular complexity index is 547. The van der Waals surface area contributed by atoms with Crippen LogP contribution >= 0.6 is 0 Å². The molecule has 1 aromatic heterocycles. The molecule has 3 heteroatoms. The van der Waals surface area contributed by atoms with Gasteiger partial charge in [0.15, 0.2) is 0 Å². The van der Waals surface area contributed by atoms with Gasteiger partial charge in [-0.15, -0.1) is 0 Å². The average Bonchev–Trinajstić information content (AvgIpc) is 2.46. The van der Waals surface area contributed by atoms with Crippen LogP contribution in [0, 0.1) is 0 Å². The summed E-state index contributed by atoms with van der Waals surface area (Å²) in [5.74, 6) is 0. The summed E-state index contributed by atoms with van der Waals surface area (Å²) >= 11 is 0. The predicted octanol–water partition coefficient (Wildman–Crippen LogP) is 2.59. The maximum absolute atomic E-state index is 6.18. The van der Waals surface area contributed by atoms with Crippen LogP contribution in [0.3, 0.4) is 0 Å². The van der Waals surface area contributed by atoms with Crippen molar-refractivity contribution in [1.82, 2.24) is 10.3 Å². The van der Waals surface area contributed by atoms with Crippen molar-refractivity contribution < 1.29 is 0 Å². The number of nitrogens with zero attached hydrogens (tertiary/aromatic N) is 1. The molecule has 100 valence electrons. The minimum absolute atomic E-state index is 0.311. The summed E-state index contributed by atoms with van der Waals surface area (Å²) in [4.78, 5) is 4.18. The van der Waals surface area contributed by atoms with Crippen molar-refractivity contribution in [2.75, 3.05) is 0 Å². The molecular weight excluding hydrogens is 234 g/mol. The molecule has 1 aliphatic carbocycles. The Balaban J connectivity index is 1.74. The first kappa shape index (κ1) is 12.6. The van der Waals surface area contributed by atoms with Gasteiger partial charge in [0.2, 0.25) is 0 Å². The van der Waals surface area contributed by atoms with E-state index in [0.717, 1.165) is 13.0 Å². The van der Waals surface area contributed by atoms with E-state index in [1.807, 2.05) is 12.4 Å². The van der Waals surface area contributed by atoms with Crippen molar-refractivity contribution in [2.45, 2.75) is 44.3 Å². The molecule has 1 saturated carbocycles. The zero-order chi connectivity index (χ0) is 13.1. The summed E-state index contributed by atoms with van der Waals surface area (Å²) in [6.07, 6.45) is 8.71. The van der Waals surface area contributed by atoms with Gasteiger partial charge in [-0.2, -0.15) is 0 Å². The first-order valence-corrected chi connectivity index (χ1v) is 7.15. The van der Waals surface area contributed by atoms with E-state index in [2.05, 4.69) is 34.6 Å². The fourth-order valence-electron chi connectivity index (χ4n) is 3.00. The van der Waals surface area contributed by atoms with Crippen molar-refractivity contribution in [3.05, 3.63) is 42.2 Å². The van der Waals surface area contributed by atoms with Crippen molar-refractivity contribution in [1.29, 1.82) is 0 Å². The fraction of sp³-hybridized carbons (Fsp3) is 0.438. The monoisotopic (exact) mass is 255 g/mol. The van der Waals surface area contributed by atoms with Gasteiger partial charge in [0.1, 0.15) is 0 Å². The first-order chi connectivity index (χ1) is 9.34. The van der Waals surface area contributed by atoms with Crippen LogP contribution in [0.5, 0.6) is 0 Å². The average molecular weight is 255 g/mol. The highest BCUT2D eigenvalue weighted by molar-refractivity contribution is 5.84. The number of nitrogens with one attached hydrogen (secondary N) is 1. The molecule has 3 N–H and O–H groups in total. The smallest absolute Gasteiger partial charge is 0.0346 e. The highest BCUT2D eigenvalue weighted by Gasteiger charge is 2.20. The van der Waals surface area contributed by atoms with E-state index in [-0.39, 0.29) is 0 Å². The summed E-state index contributed by atoms with van der Waals surface area (Å²) in [6, 6.07) is 9.26. The van der Waals surface area contributed by atoms with E-state index < -0.39 is 0 Å². The molecule has 0 amide bonds. The van der Waals surface area contributed by atoms with E-state index in [1.165, 1.54) is 35.6 Å². The van der Waals surface area contributed by atoms with Crippen LogP contribution < -0.4 is 11.1 Å². The zero-order valence-corrected chi connectivity index (χ0v) is 11.2. The van der Waals surface area contributed by atoms with Crippen molar-refractivity contribution in [3.63, 3.8) is 0 Å². The summed E-state index contributed by atoms with van der Waals surface area (Å²) in [7, 11) is 0. The Labute approximate surface area is 114 Å². The van der Waals surface area contributed by atoms with Crippen LogP contribution in [0.2, 0.25) is 0 Å². The lowest BCUT2D eigenvalue weighted by molar-refractivity contribution is 0.327. The second kappa shape index (κ2) is 5.68. The maximum Gasteiger partial charge on any atom is 0.0346 e. The summed E-state index contributed by atoms with van der Waals surface area (Å²) in [6.45, 7) is 0.889. The molecule has 2 unspecified atom stereocenters. The second-order valence-corrected chi connectivity index (χ2v) is 5.45. The Morgan fingerprint density at radius 3 is 3.00 bits per heavy atom. The minimum atomic E-state index is 0.311. The molecule has 1 aliphatic rings. The maximum atomic E-state index is 6.18. The summed E-state index contributed by atoms with van der Waals surface area (Å²) in [5, 5.41) is 6.12. The first-order valence-electron chi connectivity index (χ1n) is 7.15. The van der Waals surface area contributed by atoms with Gasteiger partial charge in [-0.25, -0.2) is 0 Å². The molecule has 3 nitrogen and oxygen atoms in total. The highest BCUT2D eigenvalue weighted by atomic mass is 15.0. The molecule has 0 aliphatic heterocycles. The van der Waals surface area contributed by atoms with E-state index >= 15 is 0 Å². The van der Waals surface area contributed by atoms with Crippen LogP contribution in [0.1, 0.15) is 31.2 Å². The third kappa shape index (κ3) is 2.77. The Kier molecular flexibility index (Phi) is 3.76. The lowest BCUT2D eigenvalue weighted by Gasteiger charge is -2.29. The number of aromatic nitrogens is 1. The molecular formula is C16H21N3.